The molecule has 1 unspecified atom stereocenters. The first-order valence-electron chi connectivity index (χ1n) is 7.29. The number of hydrogen-bond acceptors (Lipinski definition) is 2. The van der Waals surface area contributed by atoms with E-state index in [0.717, 1.165) is 29.5 Å². The summed E-state index contributed by atoms with van der Waals surface area (Å²) in [6, 6.07) is 14.9. The van der Waals surface area contributed by atoms with Gasteiger partial charge in [0.2, 0.25) is 0 Å². The van der Waals surface area contributed by atoms with Crippen molar-refractivity contribution in [3.8, 4) is 5.75 Å². The van der Waals surface area contributed by atoms with E-state index in [9.17, 15) is 0 Å². The Morgan fingerprint density at radius 3 is 2.81 bits per heavy atom. The smallest absolute Gasteiger partial charge is 0.122 e. The second kappa shape index (κ2) is 5.82. The van der Waals surface area contributed by atoms with E-state index in [1.54, 1.807) is 7.11 Å². The lowest BCUT2D eigenvalue weighted by Crippen LogP contribution is -2.35. The molecule has 0 saturated heterocycles. The maximum Gasteiger partial charge on any atom is 0.122 e. The van der Waals surface area contributed by atoms with E-state index in [4.69, 9.17) is 10.5 Å². The number of hydrogen-bond donors (Lipinski definition) is 1. The fourth-order valence-corrected chi connectivity index (χ4v) is 3.89. The molecule has 2 aromatic carbocycles. The van der Waals surface area contributed by atoms with E-state index in [1.165, 1.54) is 16.7 Å². The summed E-state index contributed by atoms with van der Waals surface area (Å²) in [4.78, 5) is 0. The van der Waals surface area contributed by atoms with Crippen LogP contribution in [0.15, 0.2) is 46.9 Å². The molecule has 110 valence electrons. The lowest BCUT2D eigenvalue weighted by molar-refractivity contribution is 0.389. The standard InChI is InChI=1S/C18H20BrNO/c1-21-17-7-6-15(19)10-14(17)11-18(12-20)9-8-13-4-2-3-5-16(13)18/h2-7,10H,8-9,11-12,20H2,1H3. The number of nitrogens with two attached hydrogens (primary N) is 1. The van der Waals surface area contributed by atoms with Crippen LogP contribution < -0.4 is 10.5 Å². The Bertz CT molecular complexity index is 655. The molecule has 3 heteroatoms. The zero-order chi connectivity index (χ0) is 14.9. The second-order valence-electron chi connectivity index (χ2n) is 5.77. The van der Waals surface area contributed by atoms with Gasteiger partial charge < -0.3 is 10.5 Å². The predicted molar refractivity (Wildman–Crippen MR) is 89.9 cm³/mol. The van der Waals surface area contributed by atoms with Gasteiger partial charge >= 0.3 is 0 Å². The normalized spacial score (nSPS) is 20.3. The molecule has 0 fully saturated rings. The lowest BCUT2D eigenvalue weighted by Gasteiger charge is -2.30. The number of methoxy groups -OCH3 is 1. The monoisotopic (exact) mass is 345 g/mol. The fourth-order valence-electron chi connectivity index (χ4n) is 3.48. The summed E-state index contributed by atoms with van der Waals surface area (Å²) in [6.07, 6.45) is 3.14. The first-order chi connectivity index (χ1) is 10.2. The van der Waals surface area contributed by atoms with Crippen LogP contribution in [0.4, 0.5) is 0 Å². The third-order valence-electron chi connectivity index (χ3n) is 4.62. The number of halogens is 1. The third kappa shape index (κ3) is 2.60. The van der Waals surface area contributed by atoms with Crippen molar-refractivity contribution in [3.63, 3.8) is 0 Å². The minimum atomic E-state index is 0.0324. The van der Waals surface area contributed by atoms with Crippen LogP contribution in [0.5, 0.6) is 5.75 Å². The summed E-state index contributed by atoms with van der Waals surface area (Å²) >= 11 is 3.56. The number of fused-ring (bicyclic) bond motifs is 1. The third-order valence-corrected chi connectivity index (χ3v) is 5.12. The Labute approximate surface area is 134 Å². The van der Waals surface area contributed by atoms with E-state index in [0.29, 0.717) is 6.54 Å². The minimum absolute atomic E-state index is 0.0324. The van der Waals surface area contributed by atoms with E-state index < -0.39 is 0 Å². The topological polar surface area (TPSA) is 35.2 Å². The average Bonchev–Trinajstić information content (AvgIpc) is 2.87. The van der Waals surface area contributed by atoms with Crippen molar-refractivity contribution in [2.24, 2.45) is 5.73 Å². The largest absolute Gasteiger partial charge is 0.496 e. The Morgan fingerprint density at radius 1 is 1.24 bits per heavy atom. The van der Waals surface area contributed by atoms with Crippen molar-refractivity contribution in [3.05, 3.63) is 63.6 Å². The highest BCUT2D eigenvalue weighted by Crippen LogP contribution is 2.42. The highest BCUT2D eigenvalue weighted by Gasteiger charge is 2.38. The van der Waals surface area contributed by atoms with Crippen LogP contribution in [0.2, 0.25) is 0 Å². The molecule has 0 aliphatic heterocycles. The van der Waals surface area contributed by atoms with Crippen LogP contribution in [0, 0.1) is 0 Å². The quantitative estimate of drug-likeness (QED) is 0.913. The molecule has 0 spiro atoms. The van der Waals surface area contributed by atoms with Crippen molar-refractivity contribution in [1.82, 2.24) is 0 Å². The lowest BCUT2D eigenvalue weighted by atomic mass is 9.76. The molecular formula is C18H20BrNO. The molecule has 0 radical (unpaired) electrons. The molecular weight excluding hydrogens is 326 g/mol. The summed E-state index contributed by atoms with van der Waals surface area (Å²) in [5.74, 6) is 0.940. The molecule has 0 aromatic heterocycles. The second-order valence-corrected chi connectivity index (χ2v) is 6.69. The molecule has 0 saturated carbocycles. The zero-order valence-corrected chi connectivity index (χ0v) is 13.8. The van der Waals surface area contributed by atoms with Gasteiger partial charge in [-0.1, -0.05) is 40.2 Å². The van der Waals surface area contributed by atoms with Gasteiger partial charge in [0.1, 0.15) is 5.75 Å². The van der Waals surface area contributed by atoms with Crippen molar-refractivity contribution < 1.29 is 4.74 Å². The fraction of sp³-hybridized carbons (Fsp3) is 0.333. The highest BCUT2D eigenvalue weighted by atomic mass is 79.9. The number of aryl methyl sites for hydroxylation is 1. The maximum atomic E-state index is 6.21. The van der Waals surface area contributed by atoms with Crippen LogP contribution in [0.1, 0.15) is 23.1 Å². The molecule has 1 aliphatic carbocycles. The molecule has 2 nitrogen and oxygen atoms in total. The van der Waals surface area contributed by atoms with Gasteiger partial charge in [-0.3, -0.25) is 0 Å². The molecule has 0 heterocycles. The van der Waals surface area contributed by atoms with Crippen molar-refractivity contribution >= 4 is 15.9 Å². The van der Waals surface area contributed by atoms with Crippen LogP contribution >= 0.6 is 15.9 Å². The molecule has 21 heavy (non-hydrogen) atoms. The minimum Gasteiger partial charge on any atom is -0.496 e. The Morgan fingerprint density at radius 2 is 2.05 bits per heavy atom. The molecule has 1 aliphatic rings. The van der Waals surface area contributed by atoms with Crippen molar-refractivity contribution in [1.29, 1.82) is 0 Å². The van der Waals surface area contributed by atoms with E-state index in [-0.39, 0.29) is 5.41 Å². The molecule has 3 rings (SSSR count). The van der Waals surface area contributed by atoms with Gasteiger partial charge in [-0.25, -0.2) is 0 Å². The first kappa shape index (κ1) is 14.6. The van der Waals surface area contributed by atoms with Crippen LogP contribution in [0.25, 0.3) is 0 Å². The Kier molecular flexibility index (Phi) is 4.05. The molecule has 2 N–H and O–H groups in total. The molecule has 0 amide bonds. The van der Waals surface area contributed by atoms with Crippen LogP contribution in [-0.2, 0) is 18.3 Å². The van der Waals surface area contributed by atoms with Gasteiger partial charge in [-0.2, -0.15) is 0 Å². The van der Waals surface area contributed by atoms with Crippen LogP contribution in [-0.4, -0.2) is 13.7 Å². The zero-order valence-electron chi connectivity index (χ0n) is 12.2. The van der Waals surface area contributed by atoms with Gasteiger partial charge in [0.25, 0.3) is 0 Å². The number of rotatable bonds is 4. The first-order valence-corrected chi connectivity index (χ1v) is 8.09. The predicted octanol–water partition coefficient (Wildman–Crippen LogP) is 3.84. The summed E-state index contributed by atoms with van der Waals surface area (Å²) in [5, 5.41) is 0. The molecule has 2 aromatic rings. The van der Waals surface area contributed by atoms with Gasteiger partial charge in [-0.05, 0) is 54.2 Å². The molecule has 1 atom stereocenters. The summed E-state index contributed by atoms with van der Waals surface area (Å²) in [5.41, 5.74) is 10.3. The summed E-state index contributed by atoms with van der Waals surface area (Å²) in [6.45, 7) is 0.666. The summed E-state index contributed by atoms with van der Waals surface area (Å²) in [7, 11) is 1.73. The van der Waals surface area contributed by atoms with Crippen LogP contribution in [0.3, 0.4) is 0 Å². The summed E-state index contributed by atoms with van der Waals surface area (Å²) < 4.78 is 6.61. The maximum absolute atomic E-state index is 6.21. The van der Waals surface area contributed by atoms with E-state index in [1.807, 2.05) is 12.1 Å². The van der Waals surface area contributed by atoms with Gasteiger partial charge in [0, 0.05) is 16.4 Å². The van der Waals surface area contributed by atoms with Crippen molar-refractivity contribution in [2.75, 3.05) is 13.7 Å². The number of ether oxygens (including phenoxy) is 1. The average molecular weight is 346 g/mol. The van der Waals surface area contributed by atoms with Gasteiger partial charge in [-0.15, -0.1) is 0 Å². The Hall–Kier alpha value is -1.32. The van der Waals surface area contributed by atoms with Crippen molar-refractivity contribution in [2.45, 2.75) is 24.7 Å². The van der Waals surface area contributed by atoms with E-state index in [2.05, 4.69) is 46.3 Å². The van der Waals surface area contributed by atoms with Gasteiger partial charge in [0.05, 0.1) is 7.11 Å². The number of benzene rings is 2. The van der Waals surface area contributed by atoms with Gasteiger partial charge in [0.15, 0.2) is 0 Å². The Balaban J connectivity index is 2.02. The highest BCUT2D eigenvalue weighted by molar-refractivity contribution is 9.10. The SMILES string of the molecule is COc1ccc(Br)cc1CC1(CN)CCc2ccccc21. The van der Waals surface area contributed by atoms with E-state index >= 15 is 0 Å². The molecule has 0 bridgehead atoms.